The molecule has 2 heteroatoms. The van der Waals surface area contributed by atoms with Crippen LogP contribution in [0, 0.1) is 6.92 Å². The number of rotatable bonds is 4. The van der Waals surface area contributed by atoms with E-state index in [1.54, 1.807) is 0 Å². The zero-order valence-electron chi connectivity index (χ0n) is 14.0. The molecule has 1 fully saturated rings. The molecule has 0 radical (unpaired) electrons. The van der Waals surface area contributed by atoms with Gasteiger partial charge in [0.25, 0.3) is 0 Å². The molecule has 2 nitrogen and oxygen atoms in total. The van der Waals surface area contributed by atoms with Crippen molar-refractivity contribution in [2.24, 2.45) is 0 Å². The van der Waals surface area contributed by atoms with Crippen molar-refractivity contribution in [1.82, 2.24) is 5.32 Å². The fourth-order valence-corrected chi connectivity index (χ4v) is 3.87. The second kappa shape index (κ2) is 6.57. The third-order valence-corrected chi connectivity index (χ3v) is 5.22. The Bertz CT molecular complexity index is 671. The maximum atomic E-state index is 13.2. The third-order valence-electron chi connectivity index (χ3n) is 5.22. The van der Waals surface area contributed by atoms with Gasteiger partial charge in [-0.2, -0.15) is 0 Å². The lowest BCUT2D eigenvalue weighted by Crippen LogP contribution is -2.43. The fourth-order valence-electron chi connectivity index (χ4n) is 3.87. The molecule has 1 saturated carbocycles. The van der Waals surface area contributed by atoms with Crippen LogP contribution >= 0.6 is 0 Å². The van der Waals surface area contributed by atoms with Crippen LogP contribution < -0.4 is 5.32 Å². The summed E-state index contributed by atoms with van der Waals surface area (Å²) in [6, 6.07) is 18.6. The van der Waals surface area contributed by atoms with Gasteiger partial charge in [-0.15, -0.1) is 0 Å². The van der Waals surface area contributed by atoms with Crippen LogP contribution in [0.3, 0.4) is 0 Å². The van der Waals surface area contributed by atoms with E-state index in [1.165, 1.54) is 11.1 Å². The standard InChI is InChI=1S/C21H25NO/c1-16-10-6-7-13-19(16)17(2)22-20(23)21(14-8-9-15-21)18-11-4-3-5-12-18/h3-7,10-13,17H,8-9,14-15H2,1-2H3,(H,22,23)/t17-/m1/s1. The molecule has 3 rings (SSSR count). The summed E-state index contributed by atoms with van der Waals surface area (Å²) in [6.07, 6.45) is 4.15. The lowest BCUT2D eigenvalue weighted by atomic mass is 9.77. The second-order valence-electron chi connectivity index (χ2n) is 6.71. The maximum absolute atomic E-state index is 13.2. The predicted octanol–water partition coefficient (Wildman–Crippen LogP) is 4.68. The average Bonchev–Trinajstić information content (AvgIpc) is 3.07. The summed E-state index contributed by atoms with van der Waals surface area (Å²) < 4.78 is 0. The zero-order valence-corrected chi connectivity index (χ0v) is 14.0. The molecule has 120 valence electrons. The normalized spacial score (nSPS) is 17.7. The Kier molecular flexibility index (Phi) is 4.51. The summed E-state index contributed by atoms with van der Waals surface area (Å²) in [5.41, 5.74) is 3.23. The molecule has 2 aromatic rings. The van der Waals surface area contributed by atoms with Gasteiger partial charge in [-0.05, 0) is 43.4 Å². The van der Waals surface area contributed by atoms with Crippen molar-refractivity contribution >= 4 is 5.91 Å². The fraction of sp³-hybridized carbons (Fsp3) is 0.381. The van der Waals surface area contributed by atoms with Crippen molar-refractivity contribution < 1.29 is 4.79 Å². The summed E-state index contributed by atoms with van der Waals surface area (Å²) in [5.74, 6) is 0.178. The Morgan fingerprint density at radius 1 is 1.00 bits per heavy atom. The molecular weight excluding hydrogens is 282 g/mol. The van der Waals surface area contributed by atoms with Crippen molar-refractivity contribution in [3.63, 3.8) is 0 Å². The molecule has 0 unspecified atom stereocenters. The summed E-state index contributed by atoms with van der Waals surface area (Å²) in [4.78, 5) is 13.2. The highest BCUT2D eigenvalue weighted by Gasteiger charge is 2.42. The van der Waals surface area contributed by atoms with E-state index in [9.17, 15) is 4.79 Å². The van der Waals surface area contributed by atoms with Crippen molar-refractivity contribution in [1.29, 1.82) is 0 Å². The number of hydrogen-bond acceptors (Lipinski definition) is 1. The number of aryl methyl sites for hydroxylation is 1. The first-order chi connectivity index (χ1) is 11.1. The molecule has 1 amide bonds. The van der Waals surface area contributed by atoms with E-state index in [0.29, 0.717) is 0 Å². The van der Waals surface area contributed by atoms with E-state index in [0.717, 1.165) is 31.2 Å². The molecular formula is C21H25NO. The van der Waals surface area contributed by atoms with Crippen LogP contribution in [-0.4, -0.2) is 5.91 Å². The monoisotopic (exact) mass is 307 g/mol. The second-order valence-corrected chi connectivity index (χ2v) is 6.71. The third kappa shape index (κ3) is 3.03. The van der Waals surface area contributed by atoms with Gasteiger partial charge in [0.15, 0.2) is 0 Å². The lowest BCUT2D eigenvalue weighted by molar-refractivity contribution is -0.127. The van der Waals surface area contributed by atoms with E-state index >= 15 is 0 Å². The van der Waals surface area contributed by atoms with E-state index in [1.807, 2.05) is 30.3 Å². The molecule has 0 spiro atoms. The van der Waals surface area contributed by atoms with Crippen LogP contribution in [0.15, 0.2) is 54.6 Å². The number of nitrogens with one attached hydrogen (secondary N) is 1. The Labute approximate surface area is 138 Å². The van der Waals surface area contributed by atoms with Gasteiger partial charge in [-0.1, -0.05) is 67.4 Å². The largest absolute Gasteiger partial charge is 0.349 e. The van der Waals surface area contributed by atoms with Crippen molar-refractivity contribution in [2.75, 3.05) is 0 Å². The van der Waals surface area contributed by atoms with Gasteiger partial charge in [0.05, 0.1) is 11.5 Å². The van der Waals surface area contributed by atoms with E-state index in [2.05, 4.69) is 43.4 Å². The summed E-state index contributed by atoms with van der Waals surface area (Å²) in [7, 11) is 0. The summed E-state index contributed by atoms with van der Waals surface area (Å²) in [5, 5.41) is 3.28. The zero-order chi connectivity index (χ0) is 16.3. The number of amides is 1. The highest BCUT2D eigenvalue weighted by atomic mass is 16.2. The van der Waals surface area contributed by atoms with Gasteiger partial charge in [0.1, 0.15) is 0 Å². The Morgan fingerprint density at radius 2 is 1.61 bits per heavy atom. The highest BCUT2D eigenvalue weighted by molar-refractivity contribution is 5.89. The average molecular weight is 307 g/mol. The van der Waals surface area contributed by atoms with Crippen LogP contribution in [0.4, 0.5) is 0 Å². The molecule has 1 aliphatic carbocycles. The van der Waals surface area contributed by atoms with Gasteiger partial charge in [-0.3, -0.25) is 4.79 Å². The summed E-state index contributed by atoms with van der Waals surface area (Å²) in [6.45, 7) is 4.18. The molecule has 23 heavy (non-hydrogen) atoms. The van der Waals surface area contributed by atoms with Gasteiger partial charge in [0.2, 0.25) is 5.91 Å². The Balaban J connectivity index is 1.84. The van der Waals surface area contributed by atoms with Gasteiger partial charge in [-0.25, -0.2) is 0 Å². The molecule has 0 aliphatic heterocycles. The first-order valence-electron chi connectivity index (χ1n) is 8.55. The quantitative estimate of drug-likeness (QED) is 0.872. The van der Waals surface area contributed by atoms with Crippen molar-refractivity contribution in [3.8, 4) is 0 Å². The molecule has 0 heterocycles. The minimum Gasteiger partial charge on any atom is -0.349 e. The molecule has 0 aromatic heterocycles. The SMILES string of the molecule is Cc1ccccc1[C@@H](C)NC(=O)C1(c2ccccc2)CCCC1. The highest BCUT2D eigenvalue weighted by Crippen LogP contribution is 2.41. The minimum atomic E-state index is -0.349. The number of carbonyl (C=O) groups excluding carboxylic acids is 1. The predicted molar refractivity (Wildman–Crippen MR) is 94.3 cm³/mol. The first kappa shape index (κ1) is 15.8. The van der Waals surface area contributed by atoms with Crippen LogP contribution in [-0.2, 0) is 10.2 Å². The molecule has 1 aliphatic rings. The van der Waals surface area contributed by atoms with Gasteiger partial charge < -0.3 is 5.32 Å². The maximum Gasteiger partial charge on any atom is 0.231 e. The lowest BCUT2D eigenvalue weighted by Gasteiger charge is -2.30. The Morgan fingerprint density at radius 3 is 2.26 bits per heavy atom. The number of benzene rings is 2. The van der Waals surface area contributed by atoms with Crippen LogP contribution in [0.5, 0.6) is 0 Å². The molecule has 2 aromatic carbocycles. The molecule has 0 saturated heterocycles. The molecule has 1 N–H and O–H groups in total. The van der Waals surface area contributed by atoms with Crippen LogP contribution in [0.1, 0.15) is 55.3 Å². The van der Waals surface area contributed by atoms with E-state index < -0.39 is 0 Å². The number of carbonyl (C=O) groups is 1. The van der Waals surface area contributed by atoms with E-state index in [4.69, 9.17) is 0 Å². The van der Waals surface area contributed by atoms with Gasteiger partial charge in [0, 0.05) is 0 Å². The smallest absolute Gasteiger partial charge is 0.231 e. The van der Waals surface area contributed by atoms with Crippen molar-refractivity contribution in [3.05, 3.63) is 71.3 Å². The van der Waals surface area contributed by atoms with Crippen LogP contribution in [0.2, 0.25) is 0 Å². The minimum absolute atomic E-state index is 0.0323. The first-order valence-corrected chi connectivity index (χ1v) is 8.55. The summed E-state index contributed by atoms with van der Waals surface area (Å²) >= 11 is 0. The molecule has 0 bridgehead atoms. The van der Waals surface area contributed by atoms with E-state index in [-0.39, 0.29) is 17.4 Å². The number of hydrogen-bond donors (Lipinski definition) is 1. The topological polar surface area (TPSA) is 29.1 Å². The van der Waals surface area contributed by atoms with Crippen LogP contribution in [0.25, 0.3) is 0 Å². The Hall–Kier alpha value is -2.09. The van der Waals surface area contributed by atoms with Gasteiger partial charge >= 0.3 is 0 Å². The van der Waals surface area contributed by atoms with Crippen molar-refractivity contribution in [2.45, 2.75) is 51.0 Å². The molecule has 1 atom stereocenters.